The number of hydrogen-bond acceptors (Lipinski definition) is 4. The van der Waals surface area contributed by atoms with Crippen molar-refractivity contribution in [2.24, 2.45) is 4.99 Å². The quantitative estimate of drug-likeness (QED) is 0.361. The molecule has 0 radical (unpaired) electrons. The van der Waals surface area contributed by atoms with Gasteiger partial charge < -0.3 is 10.6 Å². The number of guanidine groups is 1. The van der Waals surface area contributed by atoms with Crippen LogP contribution in [0.5, 0.6) is 0 Å². The molecule has 154 valence electrons. The topological polar surface area (TPSA) is 88.4 Å². The van der Waals surface area contributed by atoms with E-state index < -0.39 is 9.84 Å². The SMILES string of the molecule is CCNC(=NCc1ccccc1-n1nc(C)cc1C)NC1CCS(=O)(=O)C1.I. The summed E-state index contributed by atoms with van der Waals surface area (Å²) in [4.78, 5) is 4.68. The molecule has 0 bridgehead atoms. The van der Waals surface area contributed by atoms with Crippen LogP contribution in [0.4, 0.5) is 0 Å². The first-order chi connectivity index (χ1) is 12.9. The van der Waals surface area contributed by atoms with E-state index in [-0.39, 0.29) is 41.5 Å². The van der Waals surface area contributed by atoms with Crippen molar-refractivity contribution in [3.63, 3.8) is 0 Å². The molecule has 9 heteroatoms. The summed E-state index contributed by atoms with van der Waals surface area (Å²) in [5.74, 6) is 1.05. The summed E-state index contributed by atoms with van der Waals surface area (Å²) in [6.07, 6.45) is 0.620. The van der Waals surface area contributed by atoms with Crippen molar-refractivity contribution in [3.8, 4) is 5.69 Å². The fraction of sp³-hybridized carbons (Fsp3) is 0.474. The molecule has 2 aromatic rings. The lowest BCUT2D eigenvalue weighted by Crippen LogP contribution is -2.44. The number of halogens is 1. The van der Waals surface area contributed by atoms with Crippen molar-refractivity contribution in [1.82, 2.24) is 20.4 Å². The molecule has 1 fully saturated rings. The summed E-state index contributed by atoms with van der Waals surface area (Å²) >= 11 is 0. The third-order valence-electron chi connectivity index (χ3n) is 4.55. The highest BCUT2D eigenvalue weighted by atomic mass is 127. The summed E-state index contributed by atoms with van der Waals surface area (Å²) in [5.41, 5.74) is 4.11. The Labute approximate surface area is 184 Å². The fourth-order valence-electron chi connectivity index (χ4n) is 3.31. The summed E-state index contributed by atoms with van der Waals surface area (Å²) in [7, 11) is -2.93. The molecule has 7 nitrogen and oxygen atoms in total. The maximum Gasteiger partial charge on any atom is 0.191 e. The molecule has 0 saturated carbocycles. The van der Waals surface area contributed by atoms with Gasteiger partial charge in [-0.15, -0.1) is 24.0 Å². The van der Waals surface area contributed by atoms with Gasteiger partial charge in [0, 0.05) is 18.3 Å². The average molecular weight is 517 g/mol. The molecule has 1 aromatic carbocycles. The van der Waals surface area contributed by atoms with E-state index in [4.69, 9.17) is 0 Å². The van der Waals surface area contributed by atoms with Crippen molar-refractivity contribution in [2.45, 2.75) is 39.8 Å². The highest BCUT2D eigenvalue weighted by Gasteiger charge is 2.28. The van der Waals surface area contributed by atoms with Gasteiger partial charge in [0.05, 0.1) is 29.4 Å². The van der Waals surface area contributed by atoms with Gasteiger partial charge in [-0.3, -0.25) is 0 Å². The van der Waals surface area contributed by atoms with Crippen LogP contribution in [0.25, 0.3) is 5.69 Å². The molecule has 2 heterocycles. The van der Waals surface area contributed by atoms with Crippen molar-refractivity contribution in [1.29, 1.82) is 0 Å². The van der Waals surface area contributed by atoms with Crippen LogP contribution in [0.15, 0.2) is 35.3 Å². The summed E-state index contributed by atoms with van der Waals surface area (Å²) in [6.45, 7) is 7.19. The molecule has 1 aliphatic rings. The Morgan fingerprint density at radius 1 is 1.32 bits per heavy atom. The van der Waals surface area contributed by atoms with E-state index in [1.54, 1.807) is 0 Å². The zero-order chi connectivity index (χ0) is 19.4. The summed E-state index contributed by atoms with van der Waals surface area (Å²) in [6, 6.07) is 10.0. The second-order valence-corrected chi connectivity index (χ2v) is 9.14. The van der Waals surface area contributed by atoms with Crippen LogP contribution in [0, 0.1) is 13.8 Å². The van der Waals surface area contributed by atoms with Gasteiger partial charge in [-0.1, -0.05) is 18.2 Å². The maximum atomic E-state index is 11.7. The maximum absolute atomic E-state index is 11.7. The molecule has 2 N–H and O–H groups in total. The van der Waals surface area contributed by atoms with Gasteiger partial charge in [0.1, 0.15) is 0 Å². The number of aliphatic imine (C=N–C) groups is 1. The number of benzene rings is 1. The second-order valence-electron chi connectivity index (χ2n) is 6.91. The number of aryl methyl sites for hydroxylation is 2. The molecule has 1 aliphatic heterocycles. The highest BCUT2D eigenvalue weighted by molar-refractivity contribution is 14.0. The van der Waals surface area contributed by atoms with Crippen LogP contribution >= 0.6 is 24.0 Å². The number of para-hydroxylation sites is 1. The lowest BCUT2D eigenvalue weighted by molar-refractivity contribution is 0.599. The minimum Gasteiger partial charge on any atom is -0.357 e. The lowest BCUT2D eigenvalue weighted by atomic mass is 10.2. The zero-order valence-corrected chi connectivity index (χ0v) is 19.6. The van der Waals surface area contributed by atoms with Gasteiger partial charge >= 0.3 is 0 Å². The predicted octanol–water partition coefficient (Wildman–Crippen LogP) is 2.35. The van der Waals surface area contributed by atoms with E-state index >= 15 is 0 Å². The number of hydrogen-bond donors (Lipinski definition) is 2. The number of rotatable bonds is 5. The molecule has 1 saturated heterocycles. The molecule has 1 unspecified atom stereocenters. The Kier molecular flexibility index (Phi) is 7.87. The largest absolute Gasteiger partial charge is 0.357 e. The Bertz CT molecular complexity index is 940. The van der Waals surface area contributed by atoms with Crippen LogP contribution in [0.2, 0.25) is 0 Å². The van der Waals surface area contributed by atoms with Gasteiger partial charge in [-0.2, -0.15) is 5.10 Å². The molecule has 1 aromatic heterocycles. The van der Waals surface area contributed by atoms with E-state index in [0.717, 1.165) is 22.6 Å². The van der Waals surface area contributed by atoms with Crippen molar-refractivity contribution < 1.29 is 8.42 Å². The Balaban J connectivity index is 0.00000280. The molecule has 3 rings (SSSR count). The standard InChI is InChI=1S/C19H27N5O2S.HI/c1-4-20-19(22-17-9-10-27(25,26)13-17)21-12-16-7-5-6-8-18(16)24-15(3)11-14(2)23-24;/h5-8,11,17H,4,9-10,12-13H2,1-3H3,(H2,20,21,22);1H. The third kappa shape index (κ3) is 5.69. The number of nitrogens with zero attached hydrogens (tertiary/aromatic N) is 3. The van der Waals surface area contributed by atoms with Crippen molar-refractivity contribution >= 4 is 39.8 Å². The first-order valence-corrected chi connectivity index (χ1v) is 11.1. The Morgan fingerprint density at radius 2 is 2.07 bits per heavy atom. The molecule has 0 aliphatic carbocycles. The minimum atomic E-state index is -2.93. The van der Waals surface area contributed by atoms with E-state index in [2.05, 4.69) is 20.7 Å². The zero-order valence-electron chi connectivity index (χ0n) is 16.5. The third-order valence-corrected chi connectivity index (χ3v) is 6.32. The lowest BCUT2D eigenvalue weighted by Gasteiger charge is -2.16. The molecule has 28 heavy (non-hydrogen) atoms. The van der Waals surface area contributed by atoms with E-state index in [0.29, 0.717) is 25.5 Å². The van der Waals surface area contributed by atoms with Crippen LogP contribution in [0.1, 0.15) is 30.3 Å². The number of aromatic nitrogens is 2. The highest BCUT2D eigenvalue weighted by Crippen LogP contribution is 2.18. The van der Waals surface area contributed by atoms with Crippen LogP contribution in [0.3, 0.4) is 0 Å². The van der Waals surface area contributed by atoms with Crippen LogP contribution in [-0.4, -0.2) is 48.3 Å². The average Bonchev–Trinajstić information content (AvgIpc) is 3.13. The van der Waals surface area contributed by atoms with Crippen molar-refractivity contribution in [2.75, 3.05) is 18.1 Å². The first kappa shape index (κ1) is 22.7. The van der Waals surface area contributed by atoms with Crippen LogP contribution < -0.4 is 10.6 Å². The van der Waals surface area contributed by atoms with E-state index in [9.17, 15) is 8.42 Å². The van der Waals surface area contributed by atoms with Gasteiger partial charge in [0.2, 0.25) is 0 Å². The Hall–Kier alpha value is -1.62. The van der Waals surface area contributed by atoms with E-state index in [1.807, 2.05) is 55.8 Å². The number of sulfone groups is 1. The molecule has 1 atom stereocenters. The van der Waals surface area contributed by atoms with Gasteiger partial charge in [0.15, 0.2) is 15.8 Å². The van der Waals surface area contributed by atoms with E-state index in [1.165, 1.54) is 0 Å². The fourth-order valence-corrected chi connectivity index (χ4v) is 4.98. The smallest absolute Gasteiger partial charge is 0.191 e. The van der Waals surface area contributed by atoms with Crippen LogP contribution in [-0.2, 0) is 16.4 Å². The number of nitrogens with one attached hydrogen (secondary N) is 2. The summed E-state index contributed by atoms with van der Waals surface area (Å²) < 4.78 is 25.3. The second kappa shape index (κ2) is 9.73. The van der Waals surface area contributed by atoms with Gasteiger partial charge in [-0.25, -0.2) is 18.1 Å². The molecule has 0 amide bonds. The van der Waals surface area contributed by atoms with Crippen molar-refractivity contribution in [3.05, 3.63) is 47.3 Å². The Morgan fingerprint density at radius 3 is 2.68 bits per heavy atom. The minimum absolute atomic E-state index is 0. The van der Waals surface area contributed by atoms with Gasteiger partial charge in [0.25, 0.3) is 0 Å². The normalized spacial score (nSPS) is 18.5. The molecular weight excluding hydrogens is 489 g/mol. The summed E-state index contributed by atoms with van der Waals surface area (Å²) in [5, 5.41) is 11.0. The molecular formula is C19H28IN5O2S. The predicted molar refractivity (Wildman–Crippen MR) is 123 cm³/mol. The monoisotopic (exact) mass is 517 g/mol. The molecule has 0 spiro atoms. The van der Waals surface area contributed by atoms with Gasteiger partial charge in [-0.05, 0) is 44.9 Å². The first-order valence-electron chi connectivity index (χ1n) is 9.25.